The van der Waals surface area contributed by atoms with Gasteiger partial charge in [-0.25, -0.2) is 9.59 Å². The summed E-state index contributed by atoms with van der Waals surface area (Å²) in [5.74, 6) is -1.71. The minimum absolute atomic E-state index is 0.147. The maximum atomic E-state index is 13.2. The molecule has 0 aliphatic carbocycles. The number of carbonyl (C=O) groups excluding carboxylic acids is 2. The van der Waals surface area contributed by atoms with E-state index in [9.17, 15) is 24.6 Å². The van der Waals surface area contributed by atoms with E-state index in [0.29, 0.717) is 0 Å². The van der Waals surface area contributed by atoms with Gasteiger partial charge in [0, 0.05) is 15.8 Å². The van der Waals surface area contributed by atoms with Crippen molar-refractivity contribution in [3.8, 4) is 0 Å². The number of aliphatic hydroxyl groups is 1. The topological polar surface area (TPSA) is 119 Å². The lowest BCUT2D eigenvalue weighted by molar-refractivity contribution is -0.154. The zero-order valence-electron chi connectivity index (χ0n) is 18.9. The van der Waals surface area contributed by atoms with Crippen molar-refractivity contribution in [3.05, 3.63) is 70.2 Å². The van der Waals surface area contributed by atoms with Gasteiger partial charge in [0.15, 0.2) is 6.10 Å². The standard InChI is InChI=1S/C24H28BrN3O5S/c1-24(2)20(22(31)32)28(14-34-24)21(30)19(29)18(12-15-6-4-3-5-7-15)27-23(33)26-13-16-8-10-17(25)11-9-16/h3-11,18-20,29H,12-14H2,1-2H3,(H,31,32)(H2,26,27,33). The minimum Gasteiger partial charge on any atom is -0.480 e. The monoisotopic (exact) mass is 549 g/mol. The number of amides is 3. The van der Waals surface area contributed by atoms with E-state index in [-0.39, 0.29) is 18.8 Å². The van der Waals surface area contributed by atoms with Gasteiger partial charge < -0.3 is 25.7 Å². The largest absolute Gasteiger partial charge is 0.480 e. The van der Waals surface area contributed by atoms with E-state index in [2.05, 4.69) is 26.6 Å². The van der Waals surface area contributed by atoms with Crippen molar-refractivity contribution in [1.82, 2.24) is 15.5 Å². The van der Waals surface area contributed by atoms with E-state index >= 15 is 0 Å². The predicted octanol–water partition coefficient (Wildman–Crippen LogP) is 2.99. The van der Waals surface area contributed by atoms with Crippen LogP contribution in [0.4, 0.5) is 4.79 Å². The average Bonchev–Trinajstić information content (AvgIpc) is 3.13. The van der Waals surface area contributed by atoms with E-state index in [1.807, 2.05) is 54.6 Å². The number of carbonyl (C=O) groups is 3. The Labute approximate surface area is 211 Å². The summed E-state index contributed by atoms with van der Waals surface area (Å²) in [5, 5.41) is 26.1. The summed E-state index contributed by atoms with van der Waals surface area (Å²) < 4.78 is 0.221. The van der Waals surface area contributed by atoms with Gasteiger partial charge in [-0.1, -0.05) is 58.4 Å². The summed E-state index contributed by atoms with van der Waals surface area (Å²) >= 11 is 4.70. The van der Waals surface area contributed by atoms with Gasteiger partial charge in [0.05, 0.1) is 11.9 Å². The molecule has 3 atom stereocenters. The van der Waals surface area contributed by atoms with Crippen LogP contribution in [0.1, 0.15) is 25.0 Å². The average molecular weight is 550 g/mol. The highest BCUT2D eigenvalue weighted by atomic mass is 79.9. The zero-order valence-corrected chi connectivity index (χ0v) is 21.3. The Morgan fingerprint density at radius 3 is 2.38 bits per heavy atom. The van der Waals surface area contributed by atoms with Gasteiger partial charge in [-0.15, -0.1) is 11.8 Å². The number of thioether (sulfide) groups is 1. The Morgan fingerprint density at radius 2 is 1.76 bits per heavy atom. The lowest BCUT2D eigenvalue weighted by Crippen LogP contribution is -2.57. The number of rotatable bonds is 8. The van der Waals surface area contributed by atoms with Crippen molar-refractivity contribution in [2.75, 3.05) is 5.88 Å². The lowest BCUT2D eigenvalue weighted by Gasteiger charge is -2.31. The highest BCUT2D eigenvalue weighted by Crippen LogP contribution is 2.39. The summed E-state index contributed by atoms with van der Waals surface area (Å²) in [6.45, 7) is 3.77. The zero-order chi connectivity index (χ0) is 24.9. The molecule has 3 unspecified atom stereocenters. The number of carboxylic acid groups (broad SMARTS) is 1. The molecule has 8 nitrogen and oxygen atoms in total. The maximum Gasteiger partial charge on any atom is 0.327 e. The van der Waals surface area contributed by atoms with Crippen molar-refractivity contribution in [1.29, 1.82) is 0 Å². The second kappa shape index (κ2) is 11.2. The smallest absolute Gasteiger partial charge is 0.327 e. The molecule has 2 aromatic rings. The first kappa shape index (κ1) is 26.1. The molecule has 10 heteroatoms. The summed E-state index contributed by atoms with van der Waals surface area (Å²) in [4.78, 5) is 38.9. The van der Waals surface area contributed by atoms with Crippen LogP contribution in [-0.4, -0.2) is 61.8 Å². The molecule has 34 heavy (non-hydrogen) atoms. The molecule has 3 rings (SSSR count). The number of aliphatic hydroxyl groups excluding tert-OH is 1. The van der Waals surface area contributed by atoms with Crippen molar-refractivity contribution >= 4 is 45.6 Å². The molecule has 1 aliphatic rings. The Hall–Kier alpha value is -2.56. The van der Waals surface area contributed by atoms with Gasteiger partial charge in [-0.3, -0.25) is 4.79 Å². The Kier molecular flexibility index (Phi) is 8.62. The molecule has 0 saturated carbocycles. The van der Waals surface area contributed by atoms with E-state index in [1.54, 1.807) is 13.8 Å². The SMILES string of the molecule is CC1(C)SCN(C(=O)C(O)C(Cc2ccccc2)NC(=O)NCc2ccc(Br)cc2)C1C(=O)O. The summed E-state index contributed by atoms with van der Waals surface area (Å²) in [5.41, 5.74) is 1.70. The van der Waals surface area contributed by atoms with Crippen LogP contribution in [0.2, 0.25) is 0 Å². The molecule has 182 valence electrons. The van der Waals surface area contributed by atoms with E-state index in [1.165, 1.54) is 16.7 Å². The molecule has 4 N–H and O–H groups in total. The number of hydrogen-bond donors (Lipinski definition) is 4. The van der Waals surface area contributed by atoms with Gasteiger partial charge in [0.1, 0.15) is 6.04 Å². The molecule has 1 fully saturated rings. The van der Waals surface area contributed by atoms with Gasteiger partial charge in [-0.2, -0.15) is 0 Å². The minimum atomic E-state index is -1.62. The van der Waals surface area contributed by atoms with Crippen LogP contribution in [0.5, 0.6) is 0 Å². The molecule has 2 aromatic carbocycles. The van der Waals surface area contributed by atoms with Crippen LogP contribution in [0, 0.1) is 0 Å². The Balaban J connectivity index is 1.73. The van der Waals surface area contributed by atoms with Gasteiger partial charge in [-0.05, 0) is 43.5 Å². The molecule has 0 radical (unpaired) electrons. The van der Waals surface area contributed by atoms with Crippen molar-refractivity contribution < 1.29 is 24.6 Å². The quantitative estimate of drug-likeness (QED) is 0.402. The highest BCUT2D eigenvalue weighted by molar-refractivity contribution is 9.10. The predicted molar refractivity (Wildman–Crippen MR) is 134 cm³/mol. The van der Waals surface area contributed by atoms with Crippen molar-refractivity contribution in [2.24, 2.45) is 0 Å². The number of nitrogens with zero attached hydrogens (tertiary/aromatic N) is 1. The summed E-state index contributed by atoms with van der Waals surface area (Å²) in [7, 11) is 0. The molecule has 0 spiro atoms. The summed E-state index contributed by atoms with van der Waals surface area (Å²) in [6, 6.07) is 14.1. The van der Waals surface area contributed by atoms with Crippen LogP contribution in [-0.2, 0) is 22.6 Å². The Morgan fingerprint density at radius 1 is 1.12 bits per heavy atom. The molecule has 1 heterocycles. The van der Waals surface area contributed by atoms with Crippen LogP contribution >= 0.6 is 27.7 Å². The number of benzene rings is 2. The molecule has 1 aliphatic heterocycles. The number of carboxylic acids is 1. The fourth-order valence-corrected chi connectivity index (χ4v) is 5.24. The molecule has 3 amide bonds. The van der Waals surface area contributed by atoms with Crippen molar-refractivity contribution in [2.45, 2.75) is 49.7 Å². The fraction of sp³-hybridized carbons (Fsp3) is 0.375. The summed E-state index contributed by atoms with van der Waals surface area (Å²) in [6.07, 6.45) is -1.42. The fourth-order valence-electron chi connectivity index (χ4n) is 3.84. The lowest BCUT2D eigenvalue weighted by atomic mass is 9.98. The number of nitrogens with one attached hydrogen (secondary N) is 2. The highest BCUT2D eigenvalue weighted by Gasteiger charge is 2.50. The van der Waals surface area contributed by atoms with Gasteiger partial charge in [0.2, 0.25) is 0 Å². The van der Waals surface area contributed by atoms with Gasteiger partial charge >= 0.3 is 12.0 Å². The maximum absolute atomic E-state index is 13.2. The normalized spacial score (nSPS) is 18.7. The van der Waals surface area contributed by atoms with Crippen LogP contribution < -0.4 is 10.6 Å². The molecule has 0 bridgehead atoms. The van der Waals surface area contributed by atoms with E-state index in [0.717, 1.165) is 15.6 Å². The third-order valence-corrected chi connectivity index (χ3v) is 7.58. The van der Waals surface area contributed by atoms with Crippen LogP contribution in [0.25, 0.3) is 0 Å². The van der Waals surface area contributed by atoms with Gasteiger partial charge in [0.25, 0.3) is 5.91 Å². The second-order valence-electron chi connectivity index (χ2n) is 8.62. The van der Waals surface area contributed by atoms with Crippen LogP contribution in [0.15, 0.2) is 59.1 Å². The number of urea groups is 1. The number of aliphatic carboxylic acids is 1. The first-order chi connectivity index (χ1) is 16.1. The molecule has 1 saturated heterocycles. The molecule has 0 aromatic heterocycles. The third kappa shape index (κ3) is 6.52. The van der Waals surface area contributed by atoms with E-state index in [4.69, 9.17) is 0 Å². The third-order valence-electron chi connectivity index (χ3n) is 5.68. The molecular weight excluding hydrogens is 522 g/mol. The Bertz CT molecular complexity index is 1020. The number of hydrogen-bond acceptors (Lipinski definition) is 5. The second-order valence-corrected chi connectivity index (χ2v) is 11.1. The number of halogens is 1. The van der Waals surface area contributed by atoms with Crippen LogP contribution in [0.3, 0.4) is 0 Å². The van der Waals surface area contributed by atoms with E-state index < -0.39 is 40.8 Å². The first-order valence-electron chi connectivity index (χ1n) is 10.8. The van der Waals surface area contributed by atoms with Crippen molar-refractivity contribution in [3.63, 3.8) is 0 Å². The molecular formula is C24H28BrN3O5S. The first-order valence-corrected chi connectivity index (χ1v) is 12.5.